The van der Waals surface area contributed by atoms with E-state index >= 15 is 0 Å². The highest BCUT2D eigenvalue weighted by molar-refractivity contribution is 9.10. The van der Waals surface area contributed by atoms with Crippen LogP contribution in [0.5, 0.6) is 5.75 Å². The summed E-state index contributed by atoms with van der Waals surface area (Å²) in [6.45, 7) is 5.63. The first-order valence-electron chi connectivity index (χ1n) is 9.45. The monoisotopic (exact) mass is 506 g/mol. The van der Waals surface area contributed by atoms with E-state index in [4.69, 9.17) is 16.3 Å². The van der Waals surface area contributed by atoms with Crippen LogP contribution in [-0.2, 0) is 17.9 Å². The molecule has 0 unspecified atom stereocenters. The van der Waals surface area contributed by atoms with Gasteiger partial charge in [-0.3, -0.25) is 9.48 Å². The van der Waals surface area contributed by atoms with Crippen molar-refractivity contribution in [2.75, 3.05) is 0 Å². The average molecular weight is 508 g/mol. The van der Waals surface area contributed by atoms with E-state index in [-0.39, 0.29) is 19.1 Å². The molecule has 31 heavy (non-hydrogen) atoms. The van der Waals surface area contributed by atoms with Gasteiger partial charge in [-0.2, -0.15) is 10.2 Å². The molecule has 3 aromatic rings. The van der Waals surface area contributed by atoms with Gasteiger partial charge in [0.05, 0.1) is 26.6 Å². The van der Waals surface area contributed by atoms with Crippen molar-refractivity contribution < 1.29 is 13.9 Å². The van der Waals surface area contributed by atoms with Gasteiger partial charge in [-0.15, -0.1) is 0 Å². The lowest BCUT2D eigenvalue weighted by Gasteiger charge is -2.09. The molecule has 1 heterocycles. The topological polar surface area (TPSA) is 68.5 Å². The normalized spacial score (nSPS) is 11.5. The summed E-state index contributed by atoms with van der Waals surface area (Å²) in [4.78, 5) is 12.2. The summed E-state index contributed by atoms with van der Waals surface area (Å²) >= 11 is 9.46. The molecule has 1 amide bonds. The zero-order valence-electron chi connectivity index (χ0n) is 17.2. The highest BCUT2D eigenvalue weighted by Crippen LogP contribution is 2.22. The fourth-order valence-electron chi connectivity index (χ4n) is 2.83. The van der Waals surface area contributed by atoms with Crippen molar-refractivity contribution in [3.63, 3.8) is 0 Å². The molecule has 0 radical (unpaired) electrons. The van der Waals surface area contributed by atoms with E-state index in [0.29, 0.717) is 22.0 Å². The molecule has 0 aliphatic carbocycles. The van der Waals surface area contributed by atoms with Gasteiger partial charge in [0.2, 0.25) is 0 Å². The maximum Gasteiger partial charge on any atom is 0.261 e. The van der Waals surface area contributed by atoms with Gasteiger partial charge in [-0.05, 0) is 78.7 Å². The molecular weight excluding hydrogens is 487 g/mol. The third-order valence-electron chi connectivity index (χ3n) is 4.65. The molecule has 0 atom stereocenters. The van der Waals surface area contributed by atoms with E-state index < -0.39 is 5.82 Å². The largest absolute Gasteiger partial charge is 0.489 e. The number of carbonyl (C=O) groups is 1. The van der Waals surface area contributed by atoms with E-state index in [1.165, 1.54) is 6.07 Å². The van der Waals surface area contributed by atoms with Crippen molar-refractivity contribution in [2.24, 2.45) is 5.10 Å². The van der Waals surface area contributed by atoms with Crippen molar-refractivity contribution in [3.05, 3.63) is 80.3 Å². The number of amides is 1. The van der Waals surface area contributed by atoms with Crippen molar-refractivity contribution in [2.45, 2.75) is 33.9 Å². The van der Waals surface area contributed by atoms with Crippen molar-refractivity contribution in [1.82, 2.24) is 15.2 Å². The molecule has 2 aromatic carbocycles. The van der Waals surface area contributed by atoms with Gasteiger partial charge in [-0.25, -0.2) is 9.82 Å². The second-order valence-electron chi connectivity index (χ2n) is 6.89. The standard InChI is InChI=1S/C22H21BrClFN4O2/c1-13(26-27-21(30)11-29-15(3)22(23)14(2)28-29)16-7-9-17(10-8-16)31-12-18-19(24)5-4-6-20(18)25/h4-10H,11-12H2,1-3H3,(H,27,30). The molecule has 0 bridgehead atoms. The van der Waals surface area contributed by atoms with Crippen LogP contribution in [0.1, 0.15) is 29.4 Å². The van der Waals surface area contributed by atoms with Gasteiger partial charge >= 0.3 is 0 Å². The van der Waals surface area contributed by atoms with Crippen LogP contribution in [0.3, 0.4) is 0 Å². The number of hydrogen-bond donors (Lipinski definition) is 1. The molecule has 0 aliphatic heterocycles. The summed E-state index contributed by atoms with van der Waals surface area (Å²) in [5.74, 6) is -0.121. The zero-order chi connectivity index (χ0) is 22.5. The molecule has 0 saturated heterocycles. The molecule has 1 N–H and O–H groups in total. The van der Waals surface area contributed by atoms with Crippen LogP contribution in [0.4, 0.5) is 4.39 Å². The van der Waals surface area contributed by atoms with E-state index in [9.17, 15) is 9.18 Å². The van der Waals surface area contributed by atoms with E-state index in [1.807, 2.05) is 13.8 Å². The molecule has 0 aliphatic rings. The second-order valence-corrected chi connectivity index (χ2v) is 8.09. The number of ether oxygens (including phenoxy) is 1. The van der Waals surface area contributed by atoms with Crippen LogP contribution in [0.25, 0.3) is 0 Å². The first-order valence-corrected chi connectivity index (χ1v) is 10.6. The molecule has 0 spiro atoms. The number of carbonyl (C=O) groups excluding carboxylic acids is 1. The Hall–Kier alpha value is -2.71. The smallest absolute Gasteiger partial charge is 0.261 e. The van der Waals surface area contributed by atoms with Crippen LogP contribution in [0.15, 0.2) is 52.0 Å². The molecule has 3 rings (SSSR count). The maximum atomic E-state index is 13.8. The van der Waals surface area contributed by atoms with E-state index in [0.717, 1.165) is 21.4 Å². The van der Waals surface area contributed by atoms with Gasteiger partial charge in [0.25, 0.3) is 5.91 Å². The summed E-state index contributed by atoms with van der Waals surface area (Å²) in [7, 11) is 0. The molecule has 0 fully saturated rings. The molecule has 1 aromatic heterocycles. The van der Waals surface area contributed by atoms with Crippen LogP contribution >= 0.6 is 27.5 Å². The number of hydrogen-bond acceptors (Lipinski definition) is 4. The summed E-state index contributed by atoms with van der Waals surface area (Å²) < 4.78 is 22.0. The van der Waals surface area contributed by atoms with Gasteiger partial charge in [0.15, 0.2) is 0 Å². The van der Waals surface area contributed by atoms with Gasteiger partial charge < -0.3 is 4.74 Å². The summed E-state index contributed by atoms with van der Waals surface area (Å²) in [5.41, 5.74) is 5.99. The average Bonchev–Trinajstić information content (AvgIpc) is 2.98. The number of hydrazone groups is 1. The maximum absolute atomic E-state index is 13.8. The molecule has 0 saturated carbocycles. The quantitative estimate of drug-likeness (QED) is 0.354. The second kappa shape index (κ2) is 10.1. The Labute approximate surface area is 193 Å². The van der Waals surface area contributed by atoms with Crippen molar-refractivity contribution in [3.8, 4) is 5.75 Å². The molecular formula is C22H21BrClFN4O2. The van der Waals surface area contributed by atoms with Crippen LogP contribution in [0, 0.1) is 19.7 Å². The summed E-state index contributed by atoms with van der Waals surface area (Å²) in [5, 5.41) is 8.78. The molecule has 6 nitrogen and oxygen atoms in total. The summed E-state index contributed by atoms with van der Waals surface area (Å²) in [6, 6.07) is 11.6. The lowest BCUT2D eigenvalue weighted by atomic mass is 10.1. The Balaban J connectivity index is 1.57. The Morgan fingerprint density at radius 3 is 2.58 bits per heavy atom. The summed E-state index contributed by atoms with van der Waals surface area (Å²) in [6.07, 6.45) is 0. The highest BCUT2D eigenvalue weighted by Gasteiger charge is 2.12. The Kier molecular flexibility index (Phi) is 7.46. The van der Waals surface area contributed by atoms with Crippen LogP contribution in [-0.4, -0.2) is 21.4 Å². The predicted molar refractivity (Wildman–Crippen MR) is 122 cm³/mol. The van der Waals surface area contributed by atoms with Crippen LogP contribution < -0.4 is 10.2 Å². The van der Waals surface area contributed by atoms with E-state index in [2.05, 4.69) is 31.6 Å². The lowest BCUT2D eigenvalue weighted by molar-refractivity contribution is -0.121. The number of nitrogens with one attached hydrogen (secondary N) is 1. The Morgan fingerprint density at radius 2 is 1.97 bits per heavy atom. The molecule has 9 heteroatoms. The fourth-order valence-corrected chi connectivity index (χ4v) is 3.33. The lowest BCUT2D eigenvalue weighted by Crippen LogP contribution is -2.25. The Morgan fingerprint density at radius 1 is 1.26 bits per heavy atom. The first kappa shape index (κ1) is 23.0. The fraction of sp³-hybridized carbons (Fsp3) is 0.227. The minimum Gasteiger partial charge on any atom is -0.489 e. The number of halogens is 3. The number of benzene rings is 2. The van der Waals surface area contributed by atoms with Gasteiger partial charge in [0, 0.05) is 5.56 Å². The SMILES string of the molecule is CC(=NNC(=O)Cn1nc(C)c(Br)c1C)c1ccc(OCc2c(F)cccc2Cl)cc1. The number of nitrogens with zero attached hydrogens (tertiary/aromatic N) is 3. The van der Waals surface area contributed by atoms with Gasteiger partial charge in [-0.1, -0.05) is 17.7 Å². The number of aryl methyl sites for hydroxylation is 1. The number of rotatable bonds is 7. The van der Waals surface area contributed by atoms with Crippen molar-refractivity contribution in [1.29, 1.82) is 0 Å². The third kappa shape index (κ3) is 5.71. The number of aromatic nitrogens is 2. The minimum absolute atomic E-state index is 0.0242. The first-order chi connectivity index (χ1) is 14.8. The zero-order valence-corrected chi connectivity index (χ0v) is 19.6. The minimum atomic E-state index is -0.407. The highest BCUT2D eigenvalue weighted by atomic mass is 79.9. The third-order valence-corrected chi connectivity index (χ3v) is 6.15. The Bertz CT molecular complexity index is 1110. The van der Waals surface area contributed by atoms with E-state index in [1.54, 1.807) is 48.0 Å². The van der Waals surface area contributed by atoms with Crippen LogP contribution in [0.2, 0.25) is 5.02 Å². The molecule has 162 valence electrons. The predicted octanol–water partition coefficient (Wildman–Crippen LogP) is 5.17. The van der Waals surface area contributed by atoms with Gasteiger partial charge in [0.1, 0.15) is 24.7 Å². The van der Waals surface area contributed by atoms with Crippen molar-refractivity contribution >= 4 is 39.1 Å².